The van der Waals surface area contributed by atoms with Crippen molar-refractivity contribution in [3.8, 4) is 0 Å². The van der Waals surface area contributed by atoms with Crippen molar-refractivity contribution < 1.29 is 18.4 Å². The third-order valence-electron chi connectivity index (χ3n) is 4.68. The molecule has 1 saturated heterocycles. The van der Waals surface area contributed by atoms with Crippen molar-refractivity contribution in [2.24, 2.45) is 5.92 Å². The zero-order valence-electron chi connectivity index (χ0n) is 14.3. The van der Waals surface area contributed by atoms with E-state index in [-0.39, 0.29) is 18.2 Å². The summed E-state index contributed by atoms with van der Waals surface area (Å²) in [6.07, 6.45) is 3.30. The Morgan fingerprint density at radius 1 is 1.19 bits per heavy atom. The number of rotatable bonds is 5. The highest BCUT2D eigenvalue weighted by molar-refractivity contribution is 5.93. The fourth-order valence-corrected chi connectivity index (χ4v) is 3.26. The third-order valence-corrected chi connectivity index (χ3v) is 4.68. The van der Waals surface area contributed by atoms with Crippen molar-refractivity contribution in [3.05, 3.63) is 65.5 Å². The first-order chi connectivity index (χ1) is 12.5. The first-order valence-corrected chi connectivity index (χ1v) is 8.71. The molecular formula is C20H20F2N2O2. The molecule has 1 aliphatic heterocycles. The second-order valence-electron chi connectivity index (χ2n) is 6.53. The van der Waals surface area contributed by atoms with Gasteiger partial charge in [0.05, 0.1) is 6.20 Å². The highest BCUT2D eigenvalue weighted by Gasteiger charge is 2.30. The lowest BCUT2D eigenvalue weighted by Gasteiger charge is -2.32. The van der Waals surface area contributed by atoms with Crippen LogP contribution in [-0.4, -0.2) is 34.7 Å². The van der Waals surface area contributed by atoms with Gasteiger partial charge in [-0.05, 0) is 24.8 Å². The van der Waals surface area contributed by atoms with Crippen LogP contribution in [0, 0.1) is 17.6 Å². The molecule has 0 N–H and O–H groups in total. The summed E-state index contributed by atoms with van der Waals surface area (Å²) in [5.74, 6) is -2.54. The van der Waals surface area contributed by atoms with Crippen LogP contribution < -0.4 is 0 Å². The Morgan fingerprint density at radius 3 is 2.69 bits per heavy atom. The van der Waals surface area contributed by atoms with Gasteiger partial charge >= 0.3 is 0 Å². The lowest BCUT2D eigenvalue weighted by atomic mass is 9.90. The minimum atomic E-state index is -0.979. The Morgan fingerprint density at radius 2 is 1.96 bits per heavy atom. The van der Waals surface area contributed by atoms with E-state index < -0.39 is 23.2 Å². The number of piperidine rings is 1. The molecule has 3 rings (SSSR count). The van der Waals surface area contributed by atoms with Crippen LogP contribution >= 0.6 is 0 Å². The van der Waals surface area contributed by atoms with Crippen LogP contribution in [0.4, 0.5) is 8.78 Å². The molecular weight excluding hydrogens is 338 g/mol. The molecule has 2 heterocycles. The maximum atomic E-state index is 13.8. The van der Waals surface area contributed by atoms with Gasteiger partial charge in [0, 0.05) is 31.5 Å². The van der Waals surface area contributed by atoms with Gasteiger partial charge in [-0.25, -0.2) is 13.8 Å². The second kappa shape index (κ2) is 8.17. The summed E-state index contributed by atoms with van der Waals surface area (Å²) in [6.45, 7) is 0.699. The standard InChI is InChI=1S/C20H20F2N2O2/c21-16-11-17(22)19(23-12-16)20(26)24-10-4-7-15(13-24)18(25)9-8-14-5-2-1-3-6-14/h1-3,5-6,11-12,15H,4,7-10,13H2/t15-/m0/s1. The summed E-state index contributed by atoms with van der Waals surface area (Å²) >= 11 is 0. The van der Waals surface area contributed by atoms with Crippen molar-refractivity contribution in [2.45, 2.75) is 25.7 Å². The number of carbonyl (C=O) groups excluding carboxylic acids is 2. The summed E-state index contributed by atoms with van der Waals surface area (Å²) in [5.41, 5.74) is 0.700. The van der Waals surface area contributed by atoms with E-state index in [0.29, 0.717) is 31.9 Å². The highest BCUT2D eigenvalue weighted by Crippen LogP contribution is 2.21. The summed E-state index contributed by atoms with van der Waals surface area (Å²) in [4.78, 5) is 30.0. The molecule has 26 heavy (non-hydrogen) atoms. The number of hydrogen-bond donors (Lipinski definition) is 0. The van der Waals surface area contributed by atoms with Crippen LogP contribution in [0.1, 0.15) is 35.3 Å². The molecule has 1 fully saturated rings. The molecule has 1 atom stereocenters. The molecule has 1 aromatic carbocycles. The fourth-order valence-electron chi connectivity index (χ4n) is 3.26. The molecule has 0 bridgehead atoms. The van der Waals surface area contributed by atoms with Gasteiger partial charge in [-0.1, -0.05) is 30.3 Å². The Bertz CT molecular complexity index is 796. The molecule has 0 unspecified atom stereocenters. The van der Waals surface area contributed by atoms with Crippen LogP contribution in [0.15, 0.2) is 42.6 Å². The molecule has 4 nitrogen and oxygen atoms in total. The van der Waals surface area contributed by atoms with Crippen LogP contribution in [0.5, 0.6) is 0 Å². The normalized spacial score (nSPS) is 17.2. The zero-order valence-corrected chi connectivity index (χ0v) is 14.3. The third kappa shape index (κ3) is 4.31. The summed E-state index contributed by atoms with van der Waals surface area (Å²) in [7, 11) is 0. The Hall–Kier alpha value is -2.63. The number of likely N-dealkylation sites (tertiary alicyclic amines) is 1. The average molecular weight is 358 g/mol. The summed E-state index contributed by atoms with van der Waals surface area (Å²) < 4.78 is 26.8. The number of aromatic nitrogens is 1. The van der Waals surface area contributed by atoms with Gasteiger partial charge in [-0.3, -0.25) is 9.59 Å². The van der Waals surface area contributed by atoms with Crippen LogP contribution in [-0.2, 0) is 11.2 Å². The number of amides is 1. The minimum absolute atomic E-state index is 0.110. The van der Waals surface area contributed by atoms with Crippen LogP contribution in [0.2, 0.25) is 0 Å². The second-order valence-corrected chi connectivity index (χ2v) is 6.53. The highest BCUT2D eigenvalue weighted by atomic mass is 19.1. The molecule has 0 spiro atoms. The number of nitrogens with zero attached hydrogens (tertiary/aromatic N) is 2. The lowest BCUT2D eigenvalue weighted by molar-refractivity contribution is -0.124. The monoisotopic (exact) mass is 358 g/mol. The number of hydrogen-bond acceptors (Lipinski definition) is 3. The summed E-state index contributed by atoms with van der Waals surface area (Å²) in [6, 6.07) is 10.4. The van der Waals surface area contributed by atoms with Crippen LogP contribution in [0.25, 0.3) is 0 Å². The number of aryl methyl sites for hydroxylation is 1. The predicted octanol–water partition coefficient (Wildman–Crippen LogP) is 3.41. The van der Waals surface area contributed by atoms with E-state index in [4.69, 9.17) is 0 Å². The van der Waals surface area contributed by atoms with E-state index >= 15 is 0 Å². The van der Waals surface area contributed by atoms with E-state index in [1.807, 2.05) is 30.3 Å². The van der Waals surface area contributed by atoms with E-state index in [0.717, 1.165) is 18.2 Å². The molecule has 2 aromatic rings. The number of benzene rings is 1. The quantitative estimate of drug-likeness (QED) is 0.823. The van der Waals surface area contributed by atoms with Gasteiger partial charge in [0.25, 0.3) is 5.91 Å². The molecule has 0 saturated carbocycles. The SMILES string of the molecule is O=C(CCc1ccccc1)[C@H]1CCCN(C(=O)c2ncc(F)cc2F)C1. The van der Waals surface area contributed by atoms with E-state index in [1.165, 1.54) is 4.90 Å². The first-order valence-electron chi connectivity index (χ1n) is 8.71. The number of halogens is 2. The molecule has 1 amide bonds. The maximum Gasteiger partial charge on any atom is 0.275 e. The Kier molecular flexibility index (Phi) is 5.71. The van der Waals surface area contributed by atoms with Gasteiger partial charge in [-0.2, -0.15) is 0 Å². The number of pyridine rings is 1. The van der Waals surface area contributed by atoms with Crippen molar-refractivity contribution in [3.63, 3.8) is 0 Å². The number of carbonyl (C=O) groups is 2. The molecule has 0 aliphatic carbocycles. The number of ketones is 1. The van der Waals surface area contributed by atoms with E-state index in [9.17, 15) is 18.4 Å². The summed E-state index contributed by atoms with van der Waals surface area (Å²) in [5, 5.41) is 0. The Balaban J connectivity index is 1.61. The smallest absolute Gasteiger partial charge is 0.275 e. The minimum Gasteiger partial charge on any atom is -0.336 e. The maximum absolute atomic E-state index is 13.8. The lowest BCUT2D eigenvalue weighted by Crippen LogP contribution is -2.43. The average Bonchev–Trinajstić information content (AvgIpc) is 2.66. The van der Waals surface area contributed by atoms with Gasteiger partial charge in [-0.15, -0.1) is 0 Å². The van der Waals surface area contributed by atoms with Gasteiger partial charge in [0.15, 0.2) is 11.5 Å². The Labute approximate surface area is 150 Å². The van der Waals surface area contributed by atoms with Gasteiger partial charge < -0.3 is 4.90 Å². The topological polar surface area (TPSA) is 50.3 Å². The van der Waals surface area contributed by atoms with E-state index in [2.05, 4.69) is 4.98 Å². The fraction of sp³-hybridized carbons (Fsp3) is 0.350. The van der Waals surface area contributed by atoms with Gasteiger partial charge in [0.2, 0.25) is 0 Å². The van der Waals surface area contributed by atoms with Gasteiger partial charge in [0.1, 0.15) is 11.6 Å². The number of Topliss-reactive ketones (excluding diaryl/α,β-unsaturated/α-hetero) is 1. The molecule has 6 heteroatoms. The van der Waals surface area contributed by atoms with Crippen molar-refractivity contribution in [1.82, 2.24) is 9.88 Å². The van der Waals surface area contributed by atoms with Crippen molar-refractivity contribution >= 4 is 11.7 Å². The molecule has 1 aromatic heterocycles. The van der Waals surface area contributed by atoms with Crippen molar-refractivity contribution in [1.29, 1.82) is 0 Å². The zero-order chi connectivity index (χ0) is 18.5. The molecule has 0 radical (unpaired) electrons. The molecule has 136 valence electrons. The largest absolute Gasteiger partial charge is 0.336 e. The molecule has 1 aliphatic rings. The van der Waals surface area contributed by atoms with Crippen molar-refractivity contribution in [2.75, 3.05) is 13.1 Å². The van der Waals surface area contributed by atoms with E-state index in [1.54, 1.807) is 0 Å². The van der Waals surface area contributed by atoms with Crippen LogP contribution in [0.3, 0.4) is 0 Å². The predicted molar refractivity (Wildman–Crippen MR) is 92.6 cm³/mol. The first kappa shape index (κ1) is 18.2.